The van der Waals surface area contributed by atoms with E-state index in [1.807, 2.05) is 0 Å². The number of aliphatic hydroxyl groups excluding tert-OH is 1. The van der Waals surface area contributed by atoms with Crippen LogP contribution < -0.4 is 5.32 Å². The summed E-state index contributed by atoms with van der Waals surface area (Å²) >= 11 is 0. The molecule has 0 fully saturated rings. The highest BCUT2D eigenvalue weighted by atomic mass is 16.4. The van der Waals surface area contributed by atoms with Crippen LogP contribution in [0.2, 0.25) is 0 Å². The van der Waals surface area contributed by atoms with Gasteiger partial charge in [-0.05, 0) is 27.7 Å². The fourth-order valence-corrected chi connectivity index (χ4v) is 1.04. The molecule has 0 aromatic carbocycles. The van der Waals surface area contributed by atoms with Crippen LogP contribution in [0.5, 0.6) is 0 Å². The van der Waals surface area contributed by atoms with Gasteiger partial charge >= 0.3 is 12.0 Å². The second-order valence-corrected chi connectivity index (χ2v) is 5.13. The number of carboxylic acids is 1. The molecule has 0 aliphatic rings. The molecule has 0 heterocycles. The van der Waals surface area contributed by atoms with Crippen molar-refractivity contribution >= 4 is 12.0 Å². The van der Waals surface area contributed by atoms with Gasteiger partial charge in [0.05, 0.1) is 17.6 Å². The Hall–Kier alpha value is -1.30. The van der Waals surface area contributed by atoms with Crippen molar-refractivity contribution in [3.05, 3.63) is 0 Å². The van der Waals surface area contributed by atoms with Gasteiger partial charge in [-0.1, -0.05) is 0 Å². The standard InChI is InChI=1S/C11H22N2O4/c1-10(2,8(15)16)11(3,4)12-9(17)13(5)6-7-14/h14H,6-7H2,1-5H3,(H,12,17)(H,15,16). The highest BCUT2D eigenvalue weighted by Gasteiger charge is 2.44. The van der Waals surface area contributed by atoms with Gasteiger partial charge in [0.2, 0.25) is 0 Å². The van der Waals surface area contributed by atoms with Crippen LogP contribution in [-0.4, -0.2) is 52.9 Å². The third kappa shape index (κ3) is 3.59. The maximum absolute atomic E-state index is 11.7. The summed E-state index contributed by atoms with van der Waals surface area (Å²) in [7, 11) is 1.54. The number of hydrogen-bond donors (Lipinski definition) is 3. The first-order valence-corrected chi connectivity index (χ1v) is 5.44. The van der Waals surface area contributed by atoms with Crippen LogP contribution in [0.25, 0.3) is 0 Å². The van der Waals surface area contributed by atoms with Gasteiger partial charge in [0.1, 0.15) is 0 Å². The number of carbonyl (C=O) groups is 2. The molecule has 0 aliphatic carbocycles. The minimum atomic E-state index is -1.09. The Morgan fingerprint density at radius 3 is 2.06 bits per heavy atom. The fourth-order valence-electron chi connectivity index (χ4n) is 1.04. The summed E-state index contributed by atoms with van der Waals surface area (Å²) < 4.78 is 0. The fraction of sp³-hybridized carbons (Fsp3) is 0.818. The maximum atomic E-state index is 11.7. The number of nitrogens with zero attached hydrogens (tertiary/aromatic N) is 1. The van der Waals surface area contributed by atoms with E-state index >= 15 is 0 Å². The van der Waals surface area contributed by atoms with Crippen molar-refractivity contribution in [1.29, 1.82) is 0 Å². The number of urea groups is 1. The number of aliphatic hydroxyl groups is 1. The van der Waals surface area contributed by atoms with E-state index in [1.165, 1.54) is 11.9 Å². The molecule has 2 amide bonds. The zero-order chi connectivity index (χ0) is 13.9. The van der Waals surface area contributed by atoms with Crippen LogP contribution in [0.3, 0.4) is 0 Å². The third-order valence-electron chi connectivity index (χ3n) is 3.30. The summed E-state index contributed by atoms with van der Waals surface area (Å²) in [6.45, 7) is 6.50. The molecule has 0 rings (SSSR count). The molecular weight excluding hydrogens is 224 g/mol. The van der Waals surface area contributed by atoms with E-state index in [0.29, 0.717) is 0 Å². The Morgan fingerprint density at radius 2 is 1.71 bits per heavy atom. The van der Waals surface area contributed by atoms with E-state index in [9.17, 15) is 9.59 Å². The predicted octanol–water partition coefficient (Wildman–Crippen LogP) is 0.509. The zero-order valence-electron chi connectivity index (χ0n) is 11.1. The number of rotatable bonds is 5. The summed E-state index contributed by atoms with van der Waals surface area (Å²) in [5.74, 6) is -0.979. The van der Waals surface area contributed by atoms with Crippen LogP contribution in [0, 0.1) is 5.41 Å². The van der Waals surface area contributed by atoms with Crippen LogP contribution in [0.15, 0.2) is 0 Å². The quantitative estimate of drug-likeness (QED) is 0.659. The lowest BCUT2D eigenvalue weighted by Crippen LogP contribution is -2.59. The summed E-state index contributed by atoms with van der Waals surface area (Å²) in [4.78, 5) is 24.2. The average molecular weight is 246 g/mol. The molecule has 0 saturated carbocycles. The molecule has 0 aliphatic heterocycles. The van der Waals surface area contributed by atoms with E-state index in [4.69, 9.17) is 10.2 Å². The number of hydrogen-bond acceptors (Lipinski definition) is 3. The monoisotopic (exact) mass is 246 g/mol. The van der Waals surface area contributed by atoms with Gasteiger partial charge in [-0.3, -0.25) is 4.79 Å². The Bertz CT molecular complexity index is 300. The Labute approximate surface area is 102 Å². The zero-order valence-corrected chi connectivity index (χ0v) is 11.1. The van der Waals surface area contributed by atoms with Crippen LogP contribution in [0.1, 0.15) is 27.7 Å². The molecule has 0 atom stereocenters. The van der Waals surface area contributed by atoms with Gasteiger partial charge in [-0.15, -0.1) is 0 Å². The average Bonchev–Trinajstić information content (AvgIpc) is 2.16. The summed E-state index contributed by atoms with van der Waals surface area (Å²) in [5.41, 5.74) is -2.00. The lowest BCUT2D eigenvalue weighted by atomic mass is 9.74. The van der Waals surface area contributed by atoms with Crippen molar-refractivity contribution in [2.75, 3.05) is 20.2 Å². The van der Waals surface area contributed by atoms with E-state index in [2.05, 4.69) is 5.32 Å². The van der Waals surface area contributed by atoms with Crippen molar-refractivity contribution in [1.82, 2.24) is 10.2 Å². The van der Waals surface area contributed by atoms with Crippen molar-refractivity contribution in [3.8, 4) is 0 Å². The lowest BCUT2D eigenvalue weighted by Gasteiger charge is -2.39. The van der Waals surface area contributed by atoms with E-state index in [-0.39, 0.29) is 13.2 Å². The molecule has 6 nitrogen and oxygen atoms in total. The Morgan fingerprint density at radius 1 is 1.24 bits per heavy atom. The molecular formula is C11H22N2O4. The van der Waals surface area contributed by atoms with Crippen LogP contribution in [-0.2, 0) is 4.79 Å². The van der Waals surface area contributed by atoms with Crippen molar-refractivity contribution in [3.63, 3.8) is 0 Å². The van der Waals surface area contributed by atoms with Gasteiger partial charge in [0.25, 0.3) is 0 Å². The van der Waals surface area contributed by atoms with E-state index in [1.54, 1.807) is 27.7 Å². The van der Waals surface area contributed by atoms with Gasteiger partial charge in [0.15, 0.2) is 0 Å². The number of carbonyl (C=O) groups excluding carboxylic acids is 1. The number of aliphatic carboxylic acids is 1. The van der Waals surface area contributed by atoms with Crippen molar-refractivity contribution in [2.24, 2.45) is 5.41 Å². The number of nitrogens with one attached hydrogen (secondary N) is 1. The second kappa shape index (κ2) is 5.35. The van der Waals surface area contributed by atoms with Gasteiger partial charge in [0, 0.05) is 13.6 Å². The molecule has 0 aromatic heterocycles. The first-order chi connectivity index (χ1) is 7.56. The molecule has 0 aromatic rings. The van der Waals surface area contributed by atoms with Gasteiger partial charge < -0.3 is 20.4 Å². The van der Waals surface area contributed by atoms with Gasteiger partial charge in [-0.2, -0.15) is 0 Å². The number of amides is 2. The Kier molecular flexibility index (Phi) is 4.94. The molecule has 0 bridgehead atoms. The minimum absolute atomic E-state index is 0.132. The lowest BCUT2D eigenvalue weighted by molar-refractivity contribution is -0.150. The SMILES string of the molecule is CN(CCO)C(=O)NC(C)(C)C(C)(C)C(=O)O. The molecule has 6 heteroatoms. The first-order valence-electron chi connectivity index (χ1n) is 5.44. The molecule has 0 unspecified atom stereocenters. The van der Waals surface area contributed by atoms with Crippen molar-refractivity contribution < 1.29 is 19.8 Å². The largest absolute Gasteiger partial charge is 0.481 e. The maximum Gasteiger partial charge on any atom is 0.317 e. The Balaban J connectivity index is 4.76. The molecule has 100 valence electrons. The molecule has 0 saturated heterocycles. The summed E-state index contributed by atoms with van der Waals surface area (Å²) in [5, 5.41) is 20.5. The molecule has 0 radical (unpaired) electrons. The van der Waals surface area contributed by atoms with E-state index in [0.717, 1.165) is 0 Å². The topological polar surface area (TPSA) is 89.9 Å². The second-order valence-electron chi connectivity index (χ2n) is 5.13. The third-order valence-corrected chi connectivity index (χ3v) is 3.30. The molecule has 3 N–H and O–H groups in total. The molecule has 17 heavy (non-hydrogen) atoms. The highest BCUT2D eigenvalue weighted by molar-refractivity contribution is 5.79. The van der Waals surface area contributed by atoms with Crippen LogP contribution >= 0.6 is 0 Å². The van der Waals surface area contributed by atoms with Crippen LogP contribution in [0.4, 0.5) is 4.79 Å². The summed E-state index contributed by atoms with van der Waals surface area (Å²) in [6.07, 6.45) is 0. The molecule has 0 spiro atoms. The van der Waals surface area contributed by atoms with Crippen molar-refractivity contribution in [2.45, 2.75) is 33.2 Å². The van der Waals surface area contributed by atoms with Gasteiger partial charge in [-0.25, -0.2) is 4.79 Å². The number of carboxylic acid groups (broad SMARTS) is 1. The first kappa shape index (κ1) is 15.7. The highest BCUT2D eigenvalue weighted by Crippen LogP contribution is 2.30. The predicted molar refractivity (Wildman–Crippen MR) is 63.7 cm³/mol. The van der Waals surface area contributed by atoms with E-state index < -0.39 is 23.0 Å². The number of likely N-dealkylation sites (N-methyl/N-ethyl adjacent to an activating group) is 1. The normalized spacial score (nSPS) is 12.1. The smallest absolute Gasteiger partial charge is 0.317 e. The summed E-state index contributed by atoms with van der Waals surface area (Å²) in [6, 6.07) is -0.404. The minimum Gasteiger partial charge on any atom is -0.481 e.